The fraction of sp³-hybridized carbons (Fsp3) is 0.200. The van der Waals surface area contributed by atoms with Crippen LogP contribution >= 0.6 is 11.3 Å². The first kappa shape index (κ1) is 13.8. The minimum atomic E-state index is -0.412. The molecule has 0 saturated carbocycles. The lowest BCUT2D eigenvalue weighted by Gasteiger charge is -2.09. The summed E-state index contributed by atoms with van der Waals surface area (Å²) in [6, 6.07) is 6.69. The monoisotopic (exact) mass is 303 g/mol. The van der Waals surface area contributed by atoms with Crippen LogP contribution in [0.3, 0.4) is 0 Å². The fourth-order valence-electron chi connectivity index (χ4n) is 2.00. The Morgan fingerprint density at radius 3 is 2.76 bits per heavy atom. The van der Waals surface area contributed by atoms with Gasteiger partial charge in [-0.2, -0.15) is 4.98 Å². The van der Waals surface area contributed by atoms with Gasteiger partial charge in [0.05, 0.1) is 5.39 Å². The van der Waals surface area contributed by atoms with Crippen LogP contribution in [0.15, 0.2) is 24.3 Å². The molecule has 2 heterocycles. The number of hydrogen-bond donors (Lipinski definition) is 1. The highest BCUT2D eigenvalue weighted by atomic mass is 32.1. The van der Waals surface area contributed by atoms with Crippen LogP contribution in [0.1, 0.15) is 10.4 Å². The van der Waals surface area contributed by atoms with Crippen LogP contribution < -0.4 is 10.1 Å². The molecule has 0 radical (unpaired) electrons. The first-order valence-electron chi connectivity index (χ1n) is 6.47. The van der Waals surface area contributed by atoms with Gasteiger partial charge in [0, 0.05) is 11.9 Å². The highest BCUT2D eigenvalue weighted by Gasteiger charge is 2.14. The standard InChI is InChI=1S/C15H14FN3OS/c1-8-4-5-11(16)12(6-8)20-13-10-7-9(2)21-14(10)19-15(17-3)18-13/h4-7H,1-3H3,(H,17,18,19). The maximum Gasteiger partial charge on any atom is 0.233 e. The molecule has 0 fully saturated rings. The summed E-state index contributed by atoms with van der Waals surface area (Å²) in [5.41, 5.74) is 0.923. The normalized spacial score (nSPS) is 10.9. The summed E-state index contributed by atoms with van der Waals surface area (Å²) in [6.07, 6.45) is 0. The zero-order chi connectivity index (χ0) is 15.0. The van der Waals surface area contributed by atoms with Crippen LogP contribution in [0.5, 0.6) is 11.6 Å². The van der Waals surface area contributed by atoms with E-state index in [4.69, 9.17) is 4.74 Å². The number of nitrogens with zero attached hydrogens (tertiary/aromatic N) is 2. The van der Waals surface area contributed by atoms with Crippen LogP contribution in [0.25, 0.3) is 10.2 Å². The average molecular weight is 303 g/mol. The summed E-state index contributed by atoms with van der Waals surface area (Å²) in [7, 11) is 1.73. The maximum atomic E-state index is 13.9. The third-order valence-electron chi connectivity index (χ3n) is 3.00. The zero-order valence-corrected chi connectivity index (χ0v) is 12.7. The number of nitrogens with one attached hydrogen (secondary N) is 1. The predicted molar refractivity (Wildman–Crippen MR) is 82.9 cm³/mol. The van der Waals surface area contributed by atoms with E-state index in [0.29, 0.717) is 11.8 Å². The molecule has 1 aromatic carbocycles. The minimum absolute atomic E-state index is 0.168. The third kappa shape index (κ3) is 2.67. The summed E-state index contributed by atoms with van der Waals surface area (Å²) in [6.45, 7) is 3.87. The van der Waals surface area contributed by atoms with Crippen molar-refractivity contribution < 1.29 is 9.13 Å². The number of anilines is 1. The van der Waals surface area contributed by atoms with Crippen molar-refractivity contribution in [1.82, 2.24) is 9.97 Å². The molecule has 0 aliphatic carbocycles. The van der Waals surface area contributed by atoms with Gasteiger partial charge in [-0.25, -0.2) is 9.37 Å². The summed E-state index contributed by atoms with van der Waals surface area (Å²) >= 11 is 1.55. The second-order valence-electron chi connectivity index (χ2n) is 4.71. The highest BCUT2D eigenvalue weighted by molar-refractivity contribution is 7.18. The number of rotatable bonds is 3. The Morgan fingerprint density at radius 2 is 2.00 bits per heavy atom. The Morgan fingerprint density at radius 1 is 1.19 bits per heavy atom. The van der Waals surface area contributed by atoms with Crippen LogP contribution in [0.2, 0.25) is 0 Å². The molecule has 6 heteroatoms. The van der Waals surface area contributed by atoms with E-state index in [1.807, 2.05) is 19.9 Å². The number of thiophene rings is 1. The largest absolute Gasteiger partial charge is 0.435 e. The molecule has 0 amide bonds. The van der Waals surface area contributed by atoms with Crippen molar-refractivity contribution in [3.8, 4) is 11.6 Å². The van der Waals surface area contributed by atoms with Crippen LogP contribution in [0, 0.1) is 19.7 Å². The number of benzene rings is 1. The Balaban J connectivity index is 2.12. The van der Waals surface area contributed by atoms with E-state index in [2.05, 4.69) is 15.3 Å². The van der Waals surface area contributed by atoms with Crippen molar-refractivity contribution in [2.24, 2.45) is 0 Å². The summed E-state index contributed by atoms with van der Waals surface area (Å²) in [5, 5.41) is 3.68. The van der Waals surface area contributed by atoms with Gasteiger partial charge in [-0.1, -0.05) is 6.07 Å². The van der Waals surface area contributed by atoms with E-state index < -0.39 is 5.82 Å². The molecular weight excluding hydrogens is 289 g/mol. The highest BCUT2D eigenvalue weighted by Crippen LogP contribution is 2.34. The fourth-order valence-corrected chi connectivity index (χ4v) is 2.87. The van der Waals surface area contributed by atoms with Crippen LogP contribution in [0.4, 0.5) is 10.3 Å². The number of hydrogen-bond acceptors (Lipinski definition) is 5. The molecule has 108 valence electrons. The molecular formula is C15H14FN3OS. The molecule has 2 aromatic heterocycles. The van der Waals surface area contributed by atoms with Crippen molar-refractivity contribution >= 4 is 27.5 Å². The summed E-state index contributed by atoms with van der Waals surface area (Å²) < 4.78 is 19.6. The van der Waals surface area contributed by atoms with Crippen LogP contribution in [-0.4, -0.2) is 17.0 Å². The third-order valence-corrected chi connectivity index (χ3v) is 3.94. The molecule has 0 unspecified atom stereocenters. The van der Waals surface area contributed by atoms with Gasteiger partial charge in [-0.05, 0) is 37.6 Å². The van der Waals surface area contributed by atoms with Crippen molar-refractivity contribution in [2.45, 2.75) is 13.8 Å². The molecule has 3 aromatic rings. The first-order valence-corrected chi connectivity index (χ1v) is 7.28. The Hall–Kier alpha value is -2.21. The first-order chi connectivity index (χ1) is 10.1. The smallest absolute Gasteiger partial charge is 0.233 e. The number of halogens is 1. The van der Waals surface area contributed by atoms with E-state index in [0.717, 1.165) is 20.7 Å². The lowest BCUT2D eigenvalue weighted by molar-refractivity contribution is 0.432. The van der Waals surface area contributed by atoms with E-state index >= 15 is 0 Å². The Labute approximate surface area is 125 Å². The molecule has 0 saturated heterocycles. The van der Waals surface area contributed by atoms with Gasteiger partial charge < -0.3 is 10.1 Å². The van der Waals surface area contributed by atoms with Gasteiger partial charge in [-0.15, -0.1) is 11.3 Å². The molecule has 21 heavy (non-hydrogen) atoms. The predicted octanol–water partition coefficient (Wildman–Crippen LogP) is 4.28. The molecule has 0 atom stereocenters. The minimum Gasteiger partial charge on any atom is -0.435 e. The second kappa shape index (κ2) is 5.29. The van der Waals surface area contributed by atoms with Gasteiger partial charge in [0.15, 0.2) is 11.6 Å². The average Bonchev–Trinajstić information content (AvgIpc) is 2.83. The molecule has 0 spiro atoms. The van der Waals surface area contributed by atoms with Gasteiger partial charge in [0.25, 0.3) is 0 Å². The molecule has 0 bridgehead atoms. The van der Waals surface area contributed by atoms with Crippen molar-refractivity contribution in [1.29, 1.82) is 0 Å². The summed E-state index contributed by atoms with van der Waals surface area (Å²) in [4.78, 5) is 10.6. The van der Waals surface area contributed by atoms with Crippen molar-refractivity contribution in [3.05, 3.63) is 40.5 Å². The lowest BCUT2D eigenvalue weighted by atomic mass is 10.2. The van der Waals surface area contributed by atoms with Crippen LogP contribution in [-0.2, 0) is 0 Å². The number of ether oxygens (including phenoxy) is 1. The lowest BCUT2D eigenvalue weighted by Crippen LogP contribution is -1.99. The quantitative estimate of drug-likeness (QED) is 0.784. The maximum absolute atomic E-state index is 13.9. The van der Waals surface area contributed by atoms with Gasteiger partial charge in [0.2, 0.25) is 11.8 Å². The molecule has 4 nitrogen and oxygen atoms in total. The Bertz CT molecular complexity index is 816. The van der Waals surface area contributed by atoms with E-state index in [9.17, 15) is 4.39 Å². The van der Waals surface area contributed by atoms with Crippen molar-refractivity contribution in [2.75, 3.05) is 12.4 Å². The second-order valence-corrected chi connectivity index (χ2v) is 5.95. The molecule has 3 rings (SSSR count). The van der Waals surface area contributed by atoms with Gasteiger partial charge in [0.1, 0.15) is 4.83 Å². The molecule has 0 aliphatic heterocycles. The molecule has 0 aliphatic rings. The van der Waals surface area contributed by atoms with Gasteiger partial charge >= 0.3 is 0 Å². The zero-order valence-electron chi connectivity index (χ0n) is 11.9. The van der Waals surface area contributed by atoms with Gasteiger partial charge in [-0.3, -0.25) is 0 Å². The van der Waals surface area contributed by atoms with E-state index in [-0.39, 0.29) is 5.75 Å². The number of fused-ring (bicyclic) bond motifs is 1. The van der Waals surface area contributed by atoms with Crippen molar-refractivity contribution in [3.63, 3.8) is 0 Å². The summed E-state index contributed by atoms with van der Waals surface area (Å²) in [5.74, 6) is 0.567. The number of aromatic nitrogens is 2. The Kier molecular flexibility index (Phi) is 3.47. The SMILES string of the molecule is CNc1nc(Oc2cc(C)ccc2F)c2cc(C)sc2n1. The van der Waals surface area contributed by atoms with E-state index in [1.54, 1.807) is 30.5 Å². The molecule has 1 N–H and O–H groups in total. The van der Waals surface area contributed by atoms with E-state index in [1.165, 1.54) is 6.07 Å². The number of aryl methyl sites for hydroxylation is 2. The topological polar surface area (TPSA) is 47.0 Å².